The van der Waals surface area contributed by atoms with Gasteiger partial charge in [-0.05, 0) is 72.0 Å². The van der Waals surface area contributed by atoms with E-state index < -0.39 is 0 Å². The van der Waals surface area contributed by atoms with Crippen molar-refractivity contribution in [3.05, 3.63) is 59.2 Å². The Kier molecular flexibility index (Phi) is 5.20. The van der Waals surface area contributed by atoms with Crippen LogP contribution in [0, 0.1) is 6.92 Å². The van der Waals surface area contributed by atoms with E-state index in [1.807, 2.05) is 37.3 Å². The Balaban J connectivity index is 1.32. The summed E-state index contributed by atoms with van der Waals surface area (Å²) in [5.41, 5.74) is 5.75. The summed E-state index contributed by atoms with van der Waals surface area (Å²) in [6.07, 6.45) is 3.87. The smallest absolute Gasteiger partial charge is 0.225 e. The summed E-state index contributed by atoms with van der Waals surface area (Å²) >= 11 is 1.48. The van der Waals surface area contributed by atoms with Crippen molar-refractivity contribution in [2.75, 3.05) is 11.1 Å². The van der Waals surface area contributed by atoms with Crippen molar-refractivity contribution in [3.63, 3.8) is 0 Å². The number of thioether (sulfide) groups is 1. The van der Waals surface area contributed by atoms with Crippen molar-refractivity contribution in [1.82, 2.24) is 20.2 Å². The first-order valence-electron chi connectivity index (χ1n) is 9.09. The summed E-state index contributed by atoms with van der Waals surface area (Å²) in [7, 11) is 0. The second-order valence-corrected chi connectivity index (χ2v) is 7.75. The molecular formula is C20H21N5OS. The normalized spacial score (nSPS) is 12.8. The molecule has 1 heterocycles. The number of aromatic nitrogens is 4. The van der Waals surface area contributed by atoms with Gasteiger partial charge in [0.2, 0.25) is 11.1 Å². The Labute approximate surface area is 162 Å². The summed E-state index contributed by atoms with van der Waals surface area (Å²) in [5.74, 6) is 0.623. The van der Waals surface area contributed by atoms with Crippen LogP contribution in [0.5, 0.6) is 0 Å². The zero-order valence-corrected chi connectivity index (χ0v) is 16.0. The first-order valence-corrected chi connectivity index (χ1v) is 10.1. The third-order valence-electron chi connectivity index (χ3n) is 4.66. The molecule has 1 N–H and O–H groups in total. The molecule has 0 saturated carbocycles. The molecule has 27 heavy (non-hydrogen) atoms. The van der Waals surface area contributed by atoms with Crippen molar-refractivity contribution in [3.8, 4) is 5.69 Å². The fourth-order valence-electron chi connectivity index (χ4n) is 3.23. The zero-order valence-electron chi connectivity index (χ0n) is 15.2. The van der Waals surface area contributed by atoms with Gasteiger partial charge in [0.25, 0.3) is 0 Å². The van der Waals surface area contributed by atoms with Crippen LogP contribution in [0.25, 0.3) is 5.69 Å². The molecule has 0 atom stereocenters. The topological polar surface area (TPSA) is 72.7 Å². The van der Waals surface area contributed by atoms with Crippen LogP contribution in [-0.2, 0) is 17.6 Å². The van der Waals surface area contributed by atoms with E-state index in [0.717, 1.165) is 24.2 Å². The van der Waals surface area contributed by atoms with Crippen molar-refractivity contribution in [2.45, 2.75) is 37.8 Å². The lowest BCUT2D eigenvalue weighted by Crippen LogP contribution is -2.12. The second kappa shape index (κ2) is 7.92. The van der Waals surface area contributed by atoms with E-state index in [-0.39, 0.29) is 5.91 Å². The number of nitrogens with one attached hydrogen (secondary N) is 1. The molecule has 0 unspecified atom stereocenters. The molecule has 1 aliphatic rings. The Morgan fingerprint density at radius 3 is 2.81 bits per heavy atom. The van der Waals surface area contributed by atoms with Crippen LogP contribution in [0.4, 0.5) is 5.69 Å². The fraction of sp³-hybridized carbons (Fsp3) is 0.300. The Morgan fingerprint density at radius 2 is 1.96 bits per heavy atom. The number of hydrogen-bond donors (Lipinski definition) is 1. The van der Waals surface area contributed by atoms with Crippen LogP contribution < -0.4 is 5.32 Å². The van der Waals surface area contributed by atoms with E-state index >= 15 is 0 Å². The maximum absolute atomic E-state index is 12.3. The summed E-state index contributed by atoms with van der Waals surface area (Å²) in [6.45, 7) is 2.04. The van der Waals surface area contributed by atoms with Gasteiger partial charge in [0.1, 0.15) is 0 Å². The predicted molar refractivity (Wildman–Crippen MR) is 106 cm³/mol. The lowest BCUT2D eigenvalue weighted by molar-refractivity contribution is -0.115. The van der Waals surface area contributed by atoms with E-state index in [2.05, 4.69) is 33.0 Å². The highest BCUT2D eigenvalue weighted by atomic mass is 32.2. The maximum atomic E-state index is 12.3. The minimum absolute atomic E-state index is 0.00908. The number of tetrazole rings is 1. The summed E-state index contributed by atoms with van der Waals surface area (Å²) in [6, 6.07) is 14.2. The quantitative estimate of drug-likeness (QED) is 0.663. The summed E-state index contributed by atoms with van der Waals surface area (Å²) in [5, 5.41) is 15.6. The molecule has 4 rings (SSSR count). The van der Waals surface area contributed by atoms with Gasteiger partial charge in [0.15, 0.2) is 0 Å². The molecule has 3 aromatic rings. The number of rotatable bonds is 6. The van der Waals surface area contributed by atoms with E-state index in [1.165, 1.54) is 34.9 Å². The van der Waals surface area contributed by atoms with E-state index in [9.17, 15) is 4.79 Å². The summed E-state index contributed by atoms with van der Waals surface area (Å²) in [4.78, 5) is 12.3. The molecule has 0 fully saturated rings. The van der Waals surface area contributed by atoms with E-state index in [4.69, 9.17) is 0 Å². The van der Waals surface area contributed by atoms with Crippen LogP contribution in [0.3, 0.4) is 0 Å². The average molecular weight is 379 g/mol. The molecule has 0 radical (unpaired) electrons. The van der Waals surface area contributed by atoms with Gasteiger partial charge in [-0.2, -0.15) is 4.68 Å². The SMILES string of the molecule is Cc1ccc(-n2nnnc2SCCC(=O)Nc2ccc3c(c2)CCC3)cc1. The van der Waals surface area contributed by atoms with Crippen LogP contribution in [0.1, 0.15) is 29.5 Å². The number of nitrogens with zero attached hydrogens (tertiary/aromatic N) is 4. The number of benzene rings is 2. The molecule has 2 aromatic carbocycles. The van der Waals surface area contributed by atoms with Gasteiger partial charge in [0, 0.05) is 17.9 Å². The minimum atomic E-state index is 0.00908. The third kappa shape index (κ3) is 4.19. The van der Waals surface area contributed by atoms with Crippen LogP contribution in [0.2, 0.25) is 0 Å². The van der Waals surface area contributed by atoms with Gasteiger partial charge in [-0.1, -0.05) is 35.5 Å². The molecule has 1 amide bonds. The first-order chi connectivity index (χ1) is 13.2. The predicted octanol–water partition coefficient (Wildman–Crippen LogP) is 3.58. The molecule has 1 aromatic heterocycles. The van der Waals surface area contributed by atoms with Crippen molar-refractivity contribution < 1.29 is 4.79 Å². The number of aryl methyl sites for hydroxylation is 3. The molecule has 7 heteroatoms. The largest absolute Gasteiger partial charge is 0.326 e. The van der Waals surface area contributed by atoms with Gasteiger partial charge in [-0.3, -0.25) is 4.79 Å². The number of fused-ring (bicyclic) bond motifs is 1. The summed E-state index contributed by atoms with van der Waals surface area (Å²) < 4.78 is 1.70. The van der Waals surface area contributed by atoms with E-state index in [0.29, 0.717) is 17.3 Å². The minimum Gasteiger partial charge on any atom is -0.326 e. The highest BCUT2D eigenvalue weighted by Crippen LogP contribution is 2.25. The number of hydrogen-bond acceptors (Lipinski definition) is 5. The van der Waals surface area contributed by atoms with Gasteiger partial charge in [-0.25, -0.2) is 0 Å². The number of anilines is 1. The molecule has 6 nitrogen and oxygen atoms in total. The first kappa shape index (κ1) is 17.7. The van der Waals surface area contributed by atoms with Crippen LogP contribution in [0.15, 0.2) is 47.6 Å². The lowest BCUT2D eigenvalue weighted by Gasteiger charge is -2.08. The van der Waals surface area contributed by atoms with Crippen LogP contribution >= 0.6 is 11.8 Å². The molecule has 0 saturated heterocycles. The zero-order chi connectivity index (χ0) is 18.6. The highest BCUT2D eigenvalue weighted by molar-refractivity contribution is 7.99. The molecule has 0 aliphatic heterocycles. The lowest BCUT2D eigenvalue weighted by atomic mass is 10.1. The van der Waals surface area contributed by atoms with Gasteiger partial charge < -0.3 is 5.32 Å². The van der Waals surface area contributed by atoms with Gasteiger partial charge in [-0.15, -0.1) is 5.10 Å². The molecule has 1 aliphatic carbocycles. The maximum Gasteiger partial charge on any atom is 0.225 e. The highest BCUT2D eigenvalue weighted by Gasteiger charge is 2.13. The Morgan fingerprint density at radius 1 is 1.15 bits per heavy atom. The van der Waals surface area contributed by atoms with E-state index in [1.54, 1.807) is 4.68 Å². The Hall–Kier alpha value is -2.67. The van der Waals surface area contributed by atoms with Gasteiger partial charge >= 0.3 is 0 Å². The molecule has 0 bridgehead atoms. The van der Waals surface area contributed by atoms with Crippen LogP contribution in [-0.4, -0.2) is 31.9 Å². The average Bonchev–Trinajstić information content (AvgIpc) is 3.31. The number of carbonyl (C=O) groups is 1. The number of amides is 1. The monoisotopic (exact) mass is 379 g/mol. The molecule has 0 spiro atoms. The standard InChI is InChI=1S/C20H21N5OS/c1-14-5-9-18(10-6-14)25-20(22-23-24-25)27-12-11-19(26)21-17-8-7-15-3-2-4-16(15)13-17/h5-10,13H,2-4,11-12H2,1H3,(H,21,26). The molecule has 138 valence electrons. The van der Waals surface area contributed by atoms with Crippen molar-refractivity contribution in [2.24, 2.45) is 0 Å². The third-order valence-corrected chi connectivity index (χ3v) is 5.58. The second-order valence-electron chi connectivity index (χ2n) is 6.69. The van der Waals surface area contributed by atoms with Gasteiger partial charge in [0.05, 0.1) is 5.69 Å². The van der Waals surface area contributed by atoms with Crippen molar-refractivity contribution >= 4 is 23.4 Å². The van der Waals surface area contributed by atoms with Crippen molar-refractivity contribution in [1.29, 1.82) is 0 Å². The fourth-order valence-corrected chi connectivity index (χ4v) is 4.05. The number of carbonyl (C=O) groups excluding carboxylic acids is 1. The molecular weight excluding hydrogens is 358 g/mol. The Bertz CT molecular complexity index is 951.